The number of epoxide rings is 1. The van der Waals surface area contributed by atoms with Crippen LogP contribution in [0.1, 0.15) is 76.2 Å². The van der Waals surface area contributed by atoms with Crippen LogP contribution in [0, 0.1) is 30.1 Å². The number of ether oxygens (including phenoxy) is 2. The van der Waals surface area contributed by atoms with Gasteiger partial charge in [0.1, 0.15) is 17.5 Å². The van der Waals surface area contributed by atoms with E-state index < -0.39 is 0 Å². The van der Waals surface area contributed by atoms with Crippen molar-refractivity contribution in [3.8, 4) is 0 Å². The molecule has 162 valence electrons. The number of hydrogen-bond acceptors (Lipinski definition) is 5. The first-order valence-electron chi connectivity index (χ1n) is 11.7. The quantitative estimate of drug-likeness (QED) is 0.514. The van der Waals surface area contributed by atoms with Gasteiger partial charge in [-0.05, 0) is 73.3 Å². The molecule has 8 atom stereocenters. The summed E-state index contributed by atoms with van der Waals surface area (Å²) < 4.78 is 17.8. The third-order valence-electron chi connectivity index (χ3n) is 9.97. The van der Waals surface area contributed by atoms with Gasteiger partial charge in [0.25, 0.3) is 0 Å². The fourth-order valence-electron chi connectivity index (χ4n) is 8.77. The van der Waals surface area contributed by atoms with E-state index in [9.17, 15) is 9.59 Å². The molecule has 30 heavy (non-hydrogen) atoms. The fourth-order valence-corrected chi connectivity index (χ4v) is 8.77. The summed E-state index contributed by atoms with van der Waals surface area (Å²) in [5.41, 5.74) is 2.33. The summed E-state index contributed by atoms with van der Waals surface area (Å²) in [4.78, 5) is 23.5. The second-order valence-corrected chi connectivity index (χ2v) is 11.2. The summed E-state index contributed by atoms with van der Waals surface area (Å²) in [6.07, 6.45) is 7.44. The molecule has 6 rings (SSSR count). The van der Waals surface area contributed by atoms with E-state index in [1.165, 1.54) is 18.9 Å². The van der Waals surface area contributed by atoms with Gasteiger partial charge >= 0.3 is 11.6 Å². The lowest BCUT2D eigenvalue weighted by Gasteiger charge is -2.58. The predicted octanol–water partition coefficient (Wildman–Crippen LogP) is 4.07. The largest absolute Gasteiger partial charge is 0.462 e. The smallest absolute Gasteiger partial charge is 0.336 e. The van der Waals surface area contributed by atoms with Crippen LogP contribution in [0.3, 0.4) is 0 Å². The molecule has 1 spiro atoms. The van der Waals surface area contributed by atoms with Crippen LogP contribution >= 0.6 is 0 Å². The van der Waals surface area contributed by atoms with Gasteiger partial charge in [0.2, 0.25) is 0 Å². The lowest BCUT2D eigenvalue weighted by Crippen LogP contribution is -2.59. The zero-order valence-corrected chi connectivity index (χ0v) is 18.5. The zero-order chi connectivity index (χ0) is 21.1. The summed E-state index contributed by atoms with van der Waals surface area (Å²) in [6, 6.07) is 1.67. The molecule has 4 aliphatic carbocycles. The highest BCUT2D eigenvalue weighted by molar-refractivity contribution is 5.66. The summed E-state index contributed by atoms with van der Waals surface area (Å²) in [5, 5.41) is 0. The number of hydrogen-bond donors (Lipinski definition) is 0. The average Bonchev–Trinajstić information content (AvgIpc) is 3.25. The third-order valence-corrected chi connectivity index (χ3v) is 9.97. The Bertz CT molecular complexity index is 996. The summed E-state index contributed by atoms with van der Waals surface area (Å²) in [5.74, 6) is 2.48. The van der Waals surface area contributed by atoms with E-state index in [1.807, 2.05) is 0 Å². The molecule has 0 amide bonds. The van der Waals surface area contributed by atoms with Crippen LogP contribution in [-0.4, -0.2) is 23.8 Å². The Hall–Kier alpha value is -1.62. The van der Waals surface area contributed by atoms with Crippen molar-refractivity contribution in [3.05, 3.63) is 33.4 Å². The minimum absolute atomic E-state index is 0.00126. The molecule has 5 aliphatic rings. The van der Waals surface area contributed by atoms with Gasteiger partial charge in [0.15, 0.2) is 0 Å². The van der Waals surface area contributed by atoms with Gasteiger partial charge in [-0.15, -0.1) is 0 Å². The van der Waals surface area contributed by atoms with E-state index in [4.69, 9.17) is 13.9 Å². The molecule has 4 fully saturated rings. The molecule has 0 radical (unpaired) electrons. The van der Waals surface area contributed by atoms with Crippen molar-refractivity contribution in [2.24, 2.45) is 23.2 Å². The lowest BCUT2D eigenvalue weighted by atomic mass is 9.44. The highest BCUT2D eigenvalue weighted by Gasteiger charge is 2.76. The maximum Gasteiger partial charge on any atom is 0.336 e. The molecule has 0 bridgehead atoms. The Morgan fingerprint density at radius 1 is 1.20 bits per heavy atom. The Morgan fingerprint density at radius 3 is 2.77 bits per heavy atom. The molecule has 1 aliphatic heterocycles. The molecule has 1 aromatic rings. The molecule has 1 aromatic heterocycles. The topological polar surface area (TPSA) is 69.0 Å². The van der Waals surface area contributed by atoms with Crippen molar-refractivity contribution < 1.29 is 18.7 Å². The second-order valence-electron chi connectivity index (χ2n) is 11.2. The van der Waals surface area contributed by atoms with Crippen molar-refractivity contribution in [1.29, 1.82) is 0 Å². The minimum Gasteiger partial charge on any atom is -0.462 e. The van der Waals surface area contributed by atoms with Gasteiger partial charge in [-0.2, -0.15) is 0 Å². The molecule has 0 unspecified atom stereocenters. The third kappa shape index (κ3) is 2.23. The van der Waals surface area contributed by atoms with Crippen LogP contribution in [0.25, 0.3) is 0 Å². The van der Waals surface area contributed by atoms with Crippen LogP contribution in [0.2, 0.25) is 0 Å². The van der Waals surface area contributed by atoms with Crippen LogP contribution in [0.15, 0.2) is 15.3 Å². The molecule has 2 heterocycles. The van der Waals surface area contributed by atoms with Gasteiger partial charge in [-0.3, -0.25) is 4.79 Å². The van der Waals surface area contributed by atoms with Crippen molar-refractivity contribution in [2.45, 2.75) is 95.9 Å². The van der Waals surface area contributed by atoms with Crippen LogP contribution < -0.4 is 5.63 Å². The summed E-state index contributed by atoms with van der Waals surface area (Å²) in [6.45, 7) is 8.43. The van der Waals surface area contributed by atoms with Gasteiger partial charge in [0, 0.05) is 31.2 Å². The lowest BCUT2D eigenvalue weighted by molar-refractivity contribution is -0.156. The predicted molar refractivity (Wildman–Crippen MR) is 110 cm³/mol. The SMILES string of the molecule is CC(=O)O[C@@H]1CC[C@@]2(C)[C@@H]3CC[C@]4(C)c5c(C)cc(=O)oc5C[C@@H]4[C@H]3C[C@@H]3O[C@@]32C1. The summed E-state index contributed by atoms with van der Waals surface area (Å²) in [7, 11) is 0. The normalized spacial score (nSPS) is 47.9. The monoisotopic (exact) mass is 412 g/mol. The van der Waals surface area contributed by atoms with E-state index in [0.29, 0.717) is 17.8 Å². The first kappa shape index (κ1) is 19.1. The zero-order valence-electron chi connectivity index (χ0n) is 18.5. The first-order chi connectivity index (χ1) is 14.2. The van der Waals surface area contributed by atoms with Gasteiger partial charge in [-0.1, -0.05) is 13.8 Å². The minimum atomic E-state index is -0.214. The van der Waals surface area contributed by atoms with Crippen molar-refractivity contribution in [3.63, 3.8) is 0 Å². The number of carbonyl (C=O) groups is 1. The van der Waals surface area contributed by atoms with Crippen LogP contribution in [0.5, 0.6) is 0 Å². The van der Waals surface area contributed by atoms with Crippen LogP contribution in [0.4, 0.5) is 0 Å². The number of aryl methyl sites for hydroxylation is 1. The molecular formula is C25H32O5. The highest BCUT2D eigenvalue weighted by atomic mass is 16.6. The van der Waals surface area contributed by atoms with Crippen molar-refractivity contribution in [2.75, 3.05) is 0 Å². The number of rotatable bonds is 1. The maximum absolute atomic E-state index is 12.0. The number of fused-ring (bicyclic) bond motifs is 6. The summed E-state index contributed by atoms with van der Waals surface area (Å²) >= 11 is 0. The Labute approximate surface area is 177 Å². The molecule has 0 aromatic carbocycles. The van der Waals surface area contributed by atoms with Gasteiger partial charge < -0.3 is 13.9 Å². The Morgan fingerprint density at radius 2 is 2.00 bits per heavy atom. The Balaban J connectivity index is 1.34. The maximum atomic E-state index is 12.0. The average molecular weight is 413 g/mol. The highest BCUT2D eigenvalue weighted by Crippen LogP contribution is 2.73. The van der Waals surface area contributed by atoms with E-state index >= 15 is 0 Å². The molecule has 5 heteroatoms. The molecule has 3 saturated carbocycles. The molecule has 1 saturated heterocycles. The standard InChI is InChI=1S/C25H32O5/c1-13-9-21(27)29-19-11-18-16-10-20-25(30-20)12-15(28-14(2)26)5-8-24(25,4)17(16)6-7-23(18,3)22(13)19/h9,15-18,20H,5-8,10-12H2,1-4H3/t15-,16+,17-,18-,20+,23+,24+,25+/m1/s1. The van der Waals surface area contributed by atoms with E-state index in [1.54, 1.807) is 6.07 Å². The molecule has 5 nitrogen and oxygen atoms in total. The number of esters is 1. The first-order valence-corrected chi connectivity index (χ1v) is 11.7. The molecule has 0 N–H and O–H groups in total. The second kappa shape index (κ2) is 5.79. The van der Waals surface area contributed by atoms with Crippen molar-refractivity contribution >= 4 is 5.97 Å². The van der Waals surface area contributed by atoms with Crippen LogP contribution in [-0.2, 0) is 26.1 Å². The fraction of sp³-hybridized carbons (Fsp3) is 0.760. The number of carbonyl (C=O) groups excluding carboxylic acids is 1. The Kier molecular flexibility index (Phi) is 3.68. The van der Waals surface area contributed by atoms with E-state index in [-0.39, 0.29) is 40.2 Å². The van der Waals surface area contributed by atoms with E-state index in [2.05, 4.69) is 20.8 Å². The van der Waals surface area contributed by atoms with Crippen molar-refractivity contribution in [1.82, 2.24) is 0 Å². The van der Waals surface area contributed by atoms with Gasteiger partial charge in [0.05, 0.1) is 6.10 Å². The molecular weight excluding hydrogens is 380 g/mol. The van der Waals surface area contributed by atoms with E-state index in [0.717, 1.165) is 49.8 Å². The van der Waals surface area contributed by atoms with Gasteiger partial charge in [-0.25, -0.2) is 4.79 Å².